The molecular formula is C42H83NO3. The van der Waals surface area contributed by atoms with Crippen molar-refractivity contribution in [2.45, 2.75) is 213 Å². The number of nitrogens with zero attached hydrogens (tertiary/aromatic N) is 1. The summed E-state index contributed by atoms with van der Waals surface area (Å²) in [6.07, 6.45) is 43.4. The average molecular weight is 650 g/mol. The highest BCUT2D eigenvalue weighted by molar-refractivity contribution is 5.69. The lowest BCUT2D eigenvalue weighted by Gasteiger charge is -2.21. The van der Waals surface area contributed by atoms with Gasteiger partial charge >= 0.3 is 5.97 Å². The Morgan fingerprint density at radius 2 is 1.02 bits per heavy atom. The lowest BCUT2D eigenvalue weighted by Crippen LogP contribution is -2.29. The minimum absolute atomic E-state index is 0.0201. The average Bonchev–Trinajstić information content (AvgIpc) is 3.05. The van der Waals surface area contributed by atoms with Crippen LogP contribution in [0.25, 0.3) is 0 Å². The third-order valence-electron chi connectivity index (χ3n) is 9.64. The third-order valence-corrected chi connectivity index (χ3v) is 9.64. The highest BCUT2D eigenvalue weighted by Gasteiger charge is 2.07. The first-order chi connectivity index (χ1) is 22.7. The number of aliphatic hydroxyl groups excluding tert-OH is 1. The summed E-state index contributed by atoms with van der Waals surface area (Å²) in [7, 11) is 0. The first-order valence-corrected chi connectivity index (χ1v) is 20.8. The van der Waals surface area contributed by atoms with E-state index in [0.717, 1.165) is 51.2 Å². The maximum absolute atomic E-state index is 11.8. The molecule has 0 heterocycles. The van der Waals surface area contributed by atoms with Gasteiger partial charge in [-0.1, -0.05) is 168 Å². The molecule has 46 heavy (non-hydrogen) atoms. The summed E-state index contributed by atoms with van der Waals surface area (Å²) in [5.41, 5.74) is 0. The molecule has 0 aromatic rings. The minimum Gasteiger partial charge on any atom is -0.466 e. The molecule has 0 spiro atoms. The second kappa shape index (κ2) is 38.6. The van der Waals surface area contributed by atoms with Gasteiger partial charge in [0.1, 0.15) is 0 Å². The van der Waals surface area contributed by atoms with Crippen LogP contribution in [0.2, 0.25) is 0 Å². The molecule has 0 aromatic carbocycles. The quantitative estimate of drug-likeness (QED) is 0.0411. The van der Waals surface area contributed by atoms with Crippen LogP contribution >= 0.6 is 0 Å². The number of allylic oxidation sites excluding steroid dienone is 2. The number of esters is 1. The second-order valence-electron chi connectivity index (χ2n) is 14.2. The molecule has 0 aromatic heterocycles. The molecule has 4 nitrogen and oxygen atoms in total. The summed E-state index contributed by atoms with van der Waals surface area (Å²) < 4.78 is 5.34. The normalized spacial score (nSPS) is 11.9. The van der Waals surface area contributed by atoms with Crippen LogP contribution in [-0.2, 0) is 9.53 Å². The Balaban J connectivity index is 3.94. The molecule has 0 aliphatic rings. The van der Waals surface area contributed by atoms with Gasteiger partial charge in [-0.3, -0.25) is 4.79 Å². The van der Waals surface area contributed by atoms with E-state index in [0.29, 0.717) is 13.0 Å². The van der Waals surface area contributed by atoms with E-state index in [1.807, 2.05) is 0 Å². The number of unbranched alkanes of at least 4 members (excludes halogenated alkanes) is 22. The fraction of sp³-hybridized carbons (Fsp3) is 0.929. The predicted octanol–water partition coefficient (Wildman–Crippen LogP) is 12.8. The van der Waals surface area contributed by atoms with Crippen LogP contribution in [0.5, 0.6) is 0 Å². The van der Waals surface area contributed by atoms with Crippen LogP contribution in [-0.4, -0.2) is 48.8 Å². The Labute approximate surface area is 289 Å². The molecular weight excluding hydrogens is 566 g/mol. The van der Waals surface area contributed by atoms with Crippen LogP contribution in [0.4, 0.5) is 0 Å². The lowest BCUT2D eigenvalue weighted by atomic mass is 9.93. The summed E-state index contributed by atoms with van der Waals surface area (Å²) in [5, 5.41) is 9.52. The van der Waals surface area contributed by atoms with Crippen molar-refractivity contribution in [1.29, 1.82) is 0 Å². The van der Waals surface area contributed by atoms with E-state index in [2.05, 4.69) is 37.8 Å². The first kappa shape index (κ1) is 45.1. The number of hydrogen-bond donors (Lipinski definition) is 1. The molecule has 274 valence electrons. The van der Waals surface area contributed by atoms with E-state index >= 15 is 0 Å². The first-order valence-electron chi connectivity index (χ1n) is 20.8. The van der Waals surface area contributed by atoms with Crippen LogP contribution in [0.1, 0.15) is 213 Å². The summed E-state index contributed by atoms with van der Waals surface area (Å²) in [6.45, 7) is 10.7. The summed E-state index contributed by atoms with van der Waals surface area (Å²) >= 11 is 0. The highest BCUT2D eigenvalue weighted by Crippen LogP contribution is 2.21. The van der Waals surface area contributed by atoms with E-state index in [1.165, 1.54) is 161 Å². The molecule has 0 aliphatic carbocycles. The number of carbonyl (C=O) groups is 1. The van der Waals surface area contributed by atoms with E-state index in [1.54, 1.807) is 0 Å². The van der Waals surface area contributed by atoms with Gasteiger partial charge in [0.15, 0.2) is 0 Å². The maximum atomic E-state index is 11.8. The zero-order chi connectivity index (χ0) is 33.6. The molecule has 0 saturated heterocycles. The molecule has 0 atom stereocenters. The molecule has 0 fully saturated rings. The Morgan fingerprint density at radius 3 is 1.57 bits per heavy atom. The van der Waals surface area contributed by atoms with E-state index < -0.39 is 0 Å². The van der Waals surface area contributed by atoms with Crippen molar-refractivity contribution >= 4 is 5.97 Å². The Bertz CT molecular complexity index is 606. The van der Waals surface area contributed by atoms with Crippen molar-refractivity contribution in [3.05, 3.63) is 12.2 Å². The number of aliphatic hydroxyl groups is 1. The van der Waals surface area contributed by atoms with Gasteiger partial charge in [-0.05, 0) is 70.4 Å². The minimum atomic E-state index is -0.0201. The lowest BCUT2D eigenvalue weighted by molar-refractivity contribution is -0.143. The number of rotatable bonds is 38. The summed E-state index contributed by atoms with van der Waals surface area (Å²) in [5.74, 6) is 0.789. The van der Waals surface area contributed by atoms with Crippen molar-refractivity contribution in [2.75, 3.05) is 32.8 Å². The maximum Gasteiger partial charge on any atom is 0.305 e. The standard InChI is InChI=1S/C42H83NO3/c1-4-7-10-13-19-25-32-41(33-26-20-14-11-8-5-2)34-27-21-16-15-17-23-29-36-43(38-39-44)37-30-24-18-22-28-35-42(45)46-40-31-12-9-6-3/h27,34,41,44H,4-26,28-33,35-40H2,1-3H3/b34-27-. The van der Waals surface area contributed by atoms with Gasteiger partial charge in [0, 0.05) is 13.0 Å². The second-order valence-corrected chi connectivity index (χ2v) is 14.2. The monoisotopic (exact) mass is 650 g/mol. The summed E-state index contributed by atoms with van der Waals surface area (Å²) in [4.78, 5) is 14.3. The van der Waals surface area contributed by atoms with Crippen molar-refractivity contribution in [3.63, 3.8) is 0 Å². The predicted molar refractivity (Wildman–Crippen MR) is 203 cm³/mol. The van der Waals surface area contributed by atoms with Crippen LogP contribution in [0, 0.1) is 5.92 Å². The zero-order valence-electron chi connectivity index (χ0n) is 31.7. The largest absolute Gasteiger partial charge is 0.466 e. The van der Waals surface area contributed by atoms with Crippen LogP contribution in [0.15, 0.2) is 12.2 Å². The zero-order valence-corrected chi connectivity index (χ0v) is 31.7. The van der Waals surface area contributed by atoms with Gasteiger partial charge in [-0.2, -0.15) is 0 Å². The molecule has 0 radical (unpaired) electrons. The van der Waals surface area contributed by atoms with E-state index in [-0.39, 0.29) is 12.6 Å². The van der Waals surface area contributed by atoms with Gasteiger partial charge < -0.3 is 14.7 Å². The Kier molecular flexibility index (Phi) is 37.8. The fourth-order valence-electron chi connectivity index (χ4n) is 6.53. The molecule has 0 amide bonds. The van der Waals surface area contributed by atoms with Crippen LogP contribution in [0.3, 0.4) is 0 Å². The number of hydrogen-bond acceptors (Lipinski definition) is 4. The highest BCUT2D eigenvalue weighted by atomic mass is 16.5. The smallest absolute Gasteiger partial charge is 0.305 e. The molecule has 4 heteroatoms. The van der Waals surface area contributed by atoms with Gasteiger partial charge in [0.05, 0.1) is 13.2 Å². The van der Waals surface area contributed by atoms with Crippen molar-refractivity contribution < 1.29 is 14.6 Å². The molecule has 0 bridgehead atoms. The van der Waals surface area contributed by atoms with Crippen molar-refractivity contribution in [3.8, 4) is 0 Å². The molecule has 0 aliphatic heterocycles. The van der Waals surface area contributed by atoms with Gasteiger partial charge in [-0.15, -0.1) is 0 Å². The Morgan fingerprint density at radius 1 is 0.565 bits per heavy atom. The molecule has 0 rings (SSSR count). The van der Waals surface area contributed by atoms with E-state index in [9.17, 15) is 9.90 Å². The van der Waals surface area contributed by atoms with Crippen LogP contribution < -0.4 is 0 Å². The topological polar surface area (TPSA) is 49.8 Å². The molecule has 0 saturated carbocycles. The van der Waals surface area contributed by atoms with Gasteiger partial charge in [0.2, 0.25) is 0 Å². The number of carbonyl (C=O) groups excluding carboxylic acids is 1. The SMILES string of the molecule is CCCCCCCCC(/C=C\CCCCCCCN(CCO)CCCCCCCC(=O)OCCCCCC)CCCCCCCC. The molecule has 1 N–H and O–H groups in total. The van der Waals surface area contributed by atoms with Crippen molar-refractivity contribution in [2.24, 2.45) is 5.92 Å². The number of ether oxygens (including phenoxy) is 1. The molecule has 0 unspecified atom stereocenters. The summed E-state index contributed by atoms with van der Waals surface area (Å²) in [6, 6.07) is 0. The Hall–Kier alpha value is -0.870. The van der Waals surface area contributed by atoms with Crippen molar-refractivity contribution in [1.82, 2.24) is 4.90 Å². The van der Waals surface area contributed by atoms with Gasteiger partial charge in [0.25, 0.3) is 0 Å². The van der Waals surface area contributed by atoms with Gasteiger partial charge in [-0.25, -0.2) is 0 Å². The third kappa shape index (κ3) is 34.5. The van der Waals surface area contributed by atoms with E-state index in [4.69, 9.17) is 4.74 Å². The fourth-order valence-corrected chi connectivity index (χ4v) is 6.53.